The number of thioether (sulfide) groups is 2. The molecule has 0 nitrogen and oxygen atoms in total. The zero-order valence-corrected chi connectivity index (χ0v) is 7.07. The average Bonchev–Trinajstić information content (AvgIpc) is 1.69. The van der Waals surface area contributed by atoms with Crippen molar-refractivity contribution in [1.82, 2.24) is 0 Å². The fraction of sp³-hybridized carbons (Fsp3) is 0.800. The van der Waals surface area contributed by atoms with E-state index >= 15 is 0 Å². The van der Waals surface area contributed by atoms with Crippen molar-refractivity contribution >= 4 is 23.5 Å². The Kier molecular flexibility index (Phi) is 5.94. The summed E-state index contributed by atoms with van der Waals surface area (Å²) in [6.07, 6.45) is 1.40. The first-order chi connectivity index (χ1) is 3.39. The fourth-order valence-corrected chi connectivity index (χ4v) is 2.70. The monoisotopic (exact) mass is 140 g/mol. The molecule has 1 fully saturated rings. The molecule has 0 aromatic rings. The quantitative estimate of drug-likeness (QED) is 0.324. The van der Waals surface area contributed by atoms with Crippen LogP contribution < -0.4 is 18.9 Å². The van der Waals surface area contributed by atoms with Gasteiger partial charge in [0.2, 0.25) is 0 Å². The Morgan fingerprint density at radius 3 is 2.00 bits per heavy atom. The number of hydrogen-bond acceptors (Lipinski definition) is 2. The van der Waals surface area contributed by atoms with Crippen LogP contribution in [0.15, 0.2) is 0 Å². The minimum absolute atomic E-state index is 0. The van der Waals surface area contributed by atoms with Crippen LogP contribution in [0, 0.1) is 4.58 Å². The molecular weight excluding hydrogens is 131 g/mol. The Hall–Kier alpha value is 1.30. The van der Waals surface area contributed by atoms with Crippen molar-refractivity contribution in [3.63, 3.8) is 0 Å². The van der Waals surface area contributed by atoms with Crippen LogP contribution in [0.2, 0.25) is 0 Å². The van der Waals surface area contributed by atoms with Crippen LogP contribution in [0.1, 0.15) is 13.3 Å². The molecule has 0 aliphatic carbocycles. The maximum absolute atomic E-state index is 2.20. The van der Waals surface area contributed by atoms with E-state index in [0.29, 0.717) is 0 Å². The Morgan fingerprint density at radius 2 is 1.75 bits per heavy atom. The van der Waals surface area contributed by atoms with Gasteiger partial charge >= 0.3 is 18.9 Å². The summed E-state index contributed by atoms with van der Waals surface area (Å²) in [5, 5.41) is 0. The van der Waals surface area contributed by atoms with Crippen LogP contribution >= 0.6 is 23.5 Å². The second-order valence-electron chi connectivity index (χ2n) is 1.54. The van der Waals surface area contributed by atoms with Crippen molar-refractivity contribution in [2.75, 3.05) is 11.5 Å². The Morgan fingerprint density at radius 1 is 1.25 bits per heavy atom. The van der Waals surface area contributed by atoms with Crippen LogP contribution in [0.25, 0.3) is 0 Å². The van der Waals surface area contributed by atoms with Gasteiger partial charge in [-0.1, -0.05) is 0 Å². The van der Waals surface area contributed by atoms with E-state index in [-0.39, 0.29) is 18.9 Å². The maximum Gasteiger partial charge on any atom is 1.00 e. The minimum atomic E-state index is 0. The van der Waals surface area contributed by atoms with Crippen LogP contribution in [0.3, 0.4) is 0 Å². The van der Waals surface area contributed by atoms with Crippen molar-refractivity contribution in [3.05, 3.63) is 4.58 Å². The van der Waals surface area contributed by atoms with E-state index in [1.54, 1.807) is 4.58 Å². The van der Waals surface area contributed by atoms with Crippen LogP contribution in [0.4, 0.5) is 0 Å². The van der Waals surface area contributed by atoms with Crippen molar-refractivity contribution in [2.45, 2.75) is 13.3 Å². The molecule has 0 saturated carbocycles. The molecule has 0 spiro atoms. The topological polar surface area (TPSA) is 0 Å². The van der Waals surface area contributed by atoms with E-state index in [1.165, 1.54) is 17.9 Å². The first-order valence-corrected chi connectivity index (χ1v) is 4.46. The summed E-state index contributed by atoms with van der Waals surface area (Å²) in [6, 6.07) is 0. The average molecular weight is 140 g/mol. The number of hydrogen-bond donors (Lipinski definition) is 0. The summed E-state index contributed by atoms with van der Waals surface area (Å²) in [5.41, 5.74) is 0. The van der Waals surface area contributed by atoms with Gasteiger partial charge in [-0.15, -0.1) is 0 Å². The maximum atomic E-state index is 2.20. The molecule has 0 aromatic carbocycles. The summed E-state index contributed by atoms with van der Waals surface area (Å²) in [4.78, 5) is 0. The van der Waals surface area contributed by atoms with Crippen molar-refractivity contribution in [2.24, 2.45) is 0 Å². The second-order valence-corrected chi connectivity index (χ2v) is 4.42. The Bertz CT molecular complexity index is 52.4. The standard InChI is InChI=1S/C5H9S2.Li/c1-5-6-3-2-4-7-5;/h2-4H2,1H3;/q-1;+1. The van der Waals surface area contributed by atoms with Crippen LogP contribution in [-0.4, -0.2) is 11.5 Å². The molecule has 0 amide bonds. The van der Waals surface area contributed by atoms with Crippen molar-refractivity contribution < 1.29 is 18.9 Å². The summed E-state index contributed by atoms with van der Waals surface area (Å²) in [6.45, 7) is 2.20. The summed E-state index contributed by atoms with van der Waals surface area (Å²) < 4.78 is 1.55. The normalized spacial score (nSPS) is 22.1. The summed E-state index contributed by atoms with van der Waals surface area (Å²) in [5.74, 6) is 2.69. The third kappa shape index (κ3) is 3.35. The SMILES string of the molecule is C[C-]1SCCCS1.[Li+]. The molecule has 0 bridgehead atoms. The van der Waals surface area contributed by atoms with Gasteiger partial charge in [0.05, 0.1) is 0 Å². The minimum Gasteiger partial charge on any atom is -0.338 e. The van der Waals surface area contributed by atoms with Gasteiger partial charge in [0, 0.05) is 0 Å². The van der Waals surface area contributed by atoms with E-state index in [0.717, 1.165) is 0 Å². The predicted octanol–water partition coefficient (Wildman–Crippen LogP) is -0.630. The molecular formula is C5H9LiS2. The smallest absolute Gasteiger partial charge is 0.338 e. The molecule has 0 atom stereocenters. The largest absolute Gasteiger partial charge is 1.00 e. The zero-order chi connectivity index (χ0) is 5.11. The zero-order valence-electron chi connectivity index (χ0n) is 5.44. The molecule has 0 unspecified atom stereocenters. The molecule has 0 N–H and O–H groups in total. The second kappa shape index (κ2) is 5.11. The van der Waals surface area contributed by atoms with Crippen LogP contribution in [0.5, 0.6) is 0 Å². The van der Waals surface area contributed by atoms with Gasteiger partial charge in [0.15, 0.2) is 0 Å². The van der Waals surface area contributed by atoms with Gasteiger partial charge in [-0.25, -0.2) is 4.58 Å². The molecule has 1 saturated heterocycles. The first-order valence-electron chi connectivity index (χ1n) is 2.49. The van der Waals surface area contributed by atoms with E-state index in [9.17, 15) is 0 Å². The molecule has 1 aliphatic rings. The molecule has 3 heteroatoms. The summed E-state index contributed by atoms with van der Waals surface area (Å²) in [7, 11) is 0. The van der Waals surface area contributed by atoms with Gasteiger partial charge in [-0.3, -0.25) is 0 Å². The van der Waals surface area contributed by atoms with E-state index in [4.69, 9.17) is 0 Å². The first kappa shape index (κ1) is 9.30. The van der Waals surface area contributed by atoms with Crippen molar-refractivity contribution in [1.29, 1.82) is 0 Å². The molecule has 0 radical (unpaired) electrons. The van der Waals surface area contributed by atoms with Crippen molar-refractivity contribution in [3.8, 4) is 0 Å². The molecule has 8 heavy (non-hydrogen) atoms. The van der Waals surface area contributed by atoms with Crippen LogP contribution in [-0.2, 0) is 0 Å². The third-order valence-electron chi connectivity index (χ3n) is 0.899. The molecule has 1 heterocycles. The molecule has 1 rings (SSSR count). The van der Waals surface area contributed by atoms with E-state index in [2.05, 4.69) is 6.92 Å². The molecule has 1 aliphatic heterocycles. The number of rotatable bonds is 0. The van der Waals surface area contributed by atoms with Gasteiger partial charge in [0.1, 0.15) is 0 Å². The van der Waals surface area contributed by atoms with Gasteiger partial charge in [-0.05, 0) is 17.9 Å². The fourth-order valence-electron chi connectivity index (χ4n) is 0.532. The predicted molar refractivity (Wildman–Crippen MR) is 38.5 cm³/mol. The van der Waals surface area contributed by atoms with E-state index in [1.807, 2.05) is 23.5 Å². The Balaban J connectivity index is 0.000000490. The third-order valence-corrected chi connectivity index (χ3v) is 3.41. The van der Waals surface area contributed by atoms with Gasteiger partial charge in [-0.2, -0.15) is 6.92 Å². The van der Waals surface area contributed by atoms with Gasteiger partial charge < -0.3 is 23.5 Å². The van der Waals surface area contributed by atoms with Gasteiger partial charge in [0.25, 0.3) is 0 Å². The van der Waals surface area contributed by atoms with E-state index < -0.39 is 0 Å². The molecule has 0 aromatic heterocycles. The summed E-state index contributed by atoms with van der Waals surface area (Å²) >= 11 is 4.00. The Labute approximate surface area is 71.7 Å². The molecule has 42 valence electrons.